The summed E-state index contributed by atoms with van der Waals surface area (Å²) in [6.45, 7) is 1.33. The maximum atomic E-state index is 13.0. The highest BCUT2D eigenvalue weighted by atomic mass is 35.5. The van der Waals surface area contributed by atoms with Crippen molar-refractivity contribution < 1.29 is 9.18 Å². The van der Waals surface area contributed by atoms with Gasteiger partial charge in [-0.3, -0.25) is 0 Å². The van der Waals surface area contributed by atoms with Gasteiger partial charge < -0.3 is 16.0 Å². The van der Waals surface area contributed by atoms with Crippen LogP contribution in [0.4, 0.5) is 14.9 Å². The molecule has 0 bridgehead atoms. The quantitative estimate of drug-likeness (QED) is 0.833. The number of hydrogen-bond acceptors (Lipinski definition) is 2. The molecule has 0 radical (unpaired) electrons. The molecule has 1 atom stereocenters. The van der Waals surface area contributed by atoms with Crippen LogP contribution in [0.5, 0.6) is 0 Å². The highest BCUT2D eigenvalue weighted by molar-refractivity contribution is 6.31. The summed E-state index contributed by atoms with van der Waals surface area (Å²) in [7, 11) is 0. The largest absolute Gasteiger partial charge is 0.328 e. The first kappa shape index (κ1) is 14.1. The number of carbonyl (C=O) groups excluding carboxylic acids is 1. The lowest BCUT2D eigenvalue weighted by Gasteiger charge is -2.21. The number of carbonyl (C=O) groups is 1. The van der Waals surface area contributed by atoms with E-state index in [0.29, 0.717) is 18.8 Å². The van der Waals surface area contributed by atoms with Crippen LogP contribution in [0.1, 0.15) is 19.3 Å². The lowest BCUT2D eigenvalue weighted by Crippen LogP contribution is -2.36. The Labute approximate surface area is 116 Å². The molecule has 104 valence electrons. The number of nitrogens with one attached hydrogen (secondary N) is 1. The zero-order valence-electron chi connectivity index (χ0n) is 10.5. The third kappa shape index (κ3) is 3.81. The minimum Gasteiger partial charge on any atom is -0.328 e. The van der Waals surface area contributed by atoms with Crippen LogP contribution in [-0.2, 0) is 0 Å². The minimum atomic E-state index is -0.500. The van der Waals surface area contributed by atoms with Crippen molar-refractivity contribution in [3.05, 3.63) is 29.0 Å². The number of rotatable bonds is 1. The molecule has 1 aromatic rings. The Morgan fingerprint density at radius 3 is 2.95 bits per heavy atom. The lowest BCUT2D eigenvalue weighted by atomic mass is 10.1. The number of amides is 2. The first-order valence-corrected chi connectivity index (χ1v) is 6.70. The molecular weight excluding hydrogens is 269 g/mol. The van der Waals surface area contributed by atoms with Gasteiger partial charge in [-0.1, -0.05) is 11.6 Å². The van der Waals surface area contributed by atoms with Crippen LogP contribution in [0.2, 0.25) is 5.02 Å². The fourth-order valence-corrected chi connectivity index (χ4v) is 2.28. The Hall–Kier alpha value is -1.33. The zero-order chi connectivity index (χ0) is 13.8. The Bertz CT molecular complexity index is 469. The third-order valence-corrected chi connectivity index (χ3v) is 3.52. The standard InChI is InChI=1S/C13H17ClFN3O/c14-11-8-10(3-4-12(11)15)17-13(19)18-6-1-2-9(16)5-7-18/h3-4,8-9H,1-2,5-7,16H2,(H,17,19)/t9-/m0/s1. The van der Waals surface area contributed by atoms with Crippen LogP contribution in [0, 0.1) is 5.82 Å². The van der Waals surface area contributed by atoms with Crippen molar-refractivity contribution in [3.8, 4) is 0 Å². The van der Waals surface area contributed by atoms with Gasteiger partial charge in [0.2, 0.25) is 0 Å². The molecule has 0 spiro atoms. The molecule has 1 fully saturated rings. The Morgan fingerprint density at radius 2 is 2.21 bits per heavy atom. The molecule has 2 rings (SSSR count). The molecule has 1 aromatic carbocycles. The van der Waals surface area contributed by atoms with Crippen LogP contribution >= 0.6 is 11.6 Å². The van der Waals surface area contributed by atoms with Crippen LogP contribution in [-0.4, -0.2) is 30.1 Å². The molecule has 1 aliphatic rings. The number of hydrogen-bond donors (Lipinski definition) is 2. The van der Waals surface area contributed by atoms with E-state index in [-0.39, 0.29) is 17.1 Å². The Morgan fingerprint density at radius 1 is 1.42 bits per heavy atom. The molecule has 3 N–H and O–H groups in total. The van der Waals surface area contributed by atoms with E-state index in [4.69, 9.17) is 17.3 Å². The van der Waals surface area contributed by atoms with Gasteiger partial charge in [0.15, 0.2) is 0 Å². The van der Waals surface area contributed by atoms with E-state index >= 15 is 0 Å². The summed E-state index contributed by atoms with van der Waals surface area (Å²) in [5, 5.41) is 2.71. The van der Waals surface area contributed by atoms with E-state index in [1.165, 1.54) is 18.2 Å². The summed E-state index contributed by atoms with van der Waals surface area (Å²) in [5.41, 5.74) is 6.36. The molecule has 0 unspecified atom stereocenters. The summed E-state index contributed by atoms with van der Waals surface area (Å²) < 4.78 is 13.0. The second-order valence-corrected chi connectivity index (χ2v) is 5.14. The predicted octanol–water partition coefficient (Wildman–Crippen LogP) is 2.82. The van der Waals surface area contributed by atoms with Gasteiger partial charge in [-0.2, -0.15) is 0 Å². The number of likely N-dealkylation sites (tertiary alicyclic amines) is 1. The highest BCUT2D eigenvalue weighted by Gasteiger charge is 2.18. The third-order valence-electron chi connectivity index (χ3n) is 3.23. The van der Waals surface area contributed by atoms with Gasteiger partial charge in [0, 0.05) is 24.8 Å². The van der Waals surface area contributed by atoms with E-state index in [1.54, 1.807) is 4.90 Å². The van der Waals surface area contributed by atoms with E-state index in [0.717, 1.165) is 19.3 Å². The number of anilines is 1. The van der Waals surface area contributed by atoms with Crippen molar-refractivity contribution in [3.63, 3.8) is 0 Å². The lowest BCUT2D eigenvalue weighted by molar-refractivity contribution is 0.213. The van der Waals surface area contributed by atoms with Gasteiger partial charge in [-0.05, 0) is 37.5 Å². The molecule has 4 nitrogen and oxygen atoms in total. The topological polar surface area (TPSA) is 58.4 Å². The van der Waals surface area contributed by atoms with E-state index < -0.39 is 5.82 Å². The Balaban J connectivity index is 1.98. The van der Waals surface area contributed by atoms with Crippen LogP contribution < -0.4 is 11.1 Å². The van der Waals surface area contributed by atoms with Crippen molar-refractivity contribution >= 4 is 23.3 Å². The van der Waals surface area contributed by atoms with Gasteiger partial charge in [0.25, 0.3) is 0 Å². The Kier molecular flexibility index (Phi) is 4.61. The normalized spacial score (nSPS) is 19.9. The summed E-state index contributed by atoms with van der Waals surface area (Å²) in [5.74, 6) is -0.500. The monoisotopic (exact) mass is 285 g/mol. The number of nitrogens with two attached hydrogens (primary N) is 1. The summed E-state index contributed by atoms with van der Waals surface area (Å²) in [6.07, 6.45) is 2.64. The van der Waals surface area contributed by atoms with Gasteiger partial charge in [-0.25, -0.2) is 9.18 Å². The average Bonchev–Trinajstić information content (AvgIpc) is 2.59. The van der Waals surface area contributed by atoms with Crippen LogP contribution in [0.3, 0.4) is 0 Å². The first-order chi connectivity index (χ1) is 9.06. The average molecular weight is 286 g/mol. The van der Waals surface area contributed by atoms with Gasteiger partial charge in [-0.15, -0.1) is 0 Å². The molecule has 0 aromatic heterocycles. The number of halogens is 2. The van der Waals surface area contributed by atoms with E-state index in [2.05, 4.69) is 5.32 Å². The SMILES string of the molecule is N[C@H]1CCCN(C(=O)Nc2ccc(F)c(Cl)c2)CC1. The molecule has 1 saturated heterocycles. The molecule has 1 heterocycles. The summed E-state index contributed by atoms with van der Waals surface area (Å²) >= 11 is 5.67. The van der Waals surface area contributed by atoms with Crippen molar-refractivity contribution in [2.75, 3.05) is 18.4 Å². The fraction of sp³-hybridized carbons (Fsp3) is 0.462. The number of nitrogens with zero attached hydrogens (tertiary/aromatic N) is 1. The molecule has 19 heavy (non-hydrogen) atoms. The van der Waals surface area contributed by atoms with Crippen molar-refractivity contribution in [2.24, 2.45) is 5.73 Å². The highest BCUT2D eigenvalue weighted by Crippen LogP contribution is 2.20. The van der Waals surface area contributed by atoms with Crippen molar-refractivity contribution in [1.82, 2.24) is 4.90 Å². The first-order valence-electron chi connectivity index (χ1n) is 6.33. The maximum absolute atomic E-state index is 13.0. The second-order valence-electron chi connectivity index (χ2n) is 4.74. The summed E-state index contributed by atoms with van der Waals surface area (Å²) in [6, 6.07) is 4.09. The molecule has 2 amide bonds. The molecule has 1 aliphatic heterocycles. The second kappa shape index (κ2) is 6.21. The van der Waals surface area contributed by atoms with Crippen molar-refractivity contribution in [1.29, 1.82) is 0 Å². The van der Waals surface area contributed by atoms with Crippen LogP contribution in [0.25, 0.3) is 0 Å². The molecule has 6 heteroatoms. The van der Waals surface area contributed by atoms with Crippen molar-refractivity contribution in [2.45, 2.75) is 25.3 Å². The smallest absolute Gasteiger partial charge is 0.321 e. The molecule has 0 saturated carbocycles. The minimum absolute atomic E-state index is 0.00399. The number of benzene rings is 1. The van der Waals surface area contributed by atoms with E-state index in [1.807, 2.05) is 0 Å². The van der Waals surface area contributed by atoms with E-state index in [9.17, 15) is 9.18 Å². The van der Waals surface area contributed by atoms with Gasteiger partial charge >= 0.3 is 6.03 Å². The zero-order valence-corrected chi connectivity index (χ0v) is 11.3. The van der Waals surface area contributed by atoms with Crippen LogP contribution in [0.15, 0.2) is 18.2 Å². The summed E-state index contributed by atoms with van der Waals surface area (Å²) in [4.78, 5) is 13.8. The van der Waals surface area contributed by atoms with Gasteiger partial charge in [0.1, 0.15) is 5.82 Å². The predicted molar refractivity (Wildman–Crippen MR) is 73.8 cm³/mol. The number of urea groups is 1. The fourth-order valence-electron chi connectivity index (χ4n) is 2.10. The molecule has 0 aliphatic carbocycles. The van der Waals surface area contributed by atoms with Gasteiger partial charge in [0.05, 0.1) is 5.02 Å². The molecular formula is C13H17ClFN3O. The maximum Gasteiger partial charge on any atom is 0.321 e.